The number of nitrogens with one attached hydrogen (secondary N) is 3. The van der Waals surface area contributed by atoms with E-state index in [1.54, 1.807) is 5.48 Å². The van der Waals surface area contributed by atoms with E-state index in [0.717, 1.165) is 31.2 Å². The summed E-state index contributed by atoms with van der Waals surface area (Å²) in [5.74, 6) is -1.36. The standard InChI is InChI=1S/C20H29N3O4/c1-21-20(26)17(12-15-7-3-2-4-8-15)22-19(25)16(13-18(24)23-27)11-14-9-5-6-10-14/h2-4,7-8,14,16-17,27H,5-6,9-13H2,1H3,(H,21,26)(H,22,25)(H,23,24). The maximum absolute atomic E-state index is 12.9. The Labute approximate surface area is 159 Å². The summed E-state index contributed by atoms with van der Waals surface area (Å²) in [5.41, 5.74) is 2.54. The van der Waals surface area contributed by atoms with Gasteiger partial charge < -0.3 is 10.6 Å². The maximum Gasteiger partial charge on any atom is 0.244 e. The van der Waals surface area contributed by atoms with Crippen molar-refractivity contribution >= 4 is 17.7 Å². The predicted octanol–water partition coefficient (Wildman–Crippen LogP) is 1.55. The predicted molar refractivity (Wildman–Crippen MR) is 101 cm³/mol. The van der Waals surface area contributed by atoms with E-state index in [0.29, 0.717) is 18.8 Å². The fourth-order valence-corrected chi connectivity index (χ4v) is 3.72. The van der Waals surface area contributed by atoms with Crippen molar-refractivity contribution in [3.05, 3.63) is 35.9 Å². The van der Waals surface area contributed by atoms with Crippen LogP contribution in [0.3, 0.4) is 0 Å². The summed E-state index contributed by atoms with van der Waals surface area (Å²) < 4.78 is 0. The summed E-state index contributed by atoms with van der Waals surface area (Å²) in [6.45, 7) is 0. The van der Waals surface area contributed by atoms with E-state index in [-0.39, 0.29) is 18.2 Å². The zero-order chi connectivity index (χ0) is 19.6. The first-order valence-corrected chi connectivity index (χ1v) is 9.52. The lowest BCUT2D eigenvalue weighted by Gasteiger charge is -2.23. The lowest BCUT2D eigenvalue weighted by atomic mass is 9.89. The number of hydroxylamine groups is 1. The molecule has 1 aliphatic rings. The average molecular weight is 375 g/mol. The number of hydrogen-bond donors (Lipinski definition) is 4. The molecule has 148 valence electrons. The number of hydrogen-bond acceptors (Lipinski definition) is 4. The van der Waals surface area contributed by atoms with Crippen LogP contribution in [0.1, 0.15) is 44.1 Å². The van der Waals surface area contributed by atoms with Crippen LogP contribution in [-0.2, 0) is 20.8 Å². The first kappa shape index (κ1) is 20.9. The monoisotopic (exact) mass is 375 g/mol. The Morgan fingerprint density at radius 1 is 1.11 bits per heavy atom. The summed E-state index contributed by atoms with van der Waals surface area (Å²) in [7, 11) is 1.53. The molecule has 0 radical (unpaired) electrons. The highest BCUT2D eigenvalue weighted by Crippen LogP contribution is 2.31. The Bertz CT molecular complexity index is 629. The Morgan fingerprint density at radius 3 is 2.37 bits per heavy atom. The molecule has 0 spiro atoms. The molecule has 1 aliphatic carbocycles. The van der Waals surface area contributed by atoms with Crippen molar-refractivity contribution in [2.45, 2.75) is 51.0 Å². The van der Waals surface area contributed by atoms with Crippen LogP contribution in [0.2, 0.25) is 0 Å². The van der Waals surface area contributed by atoms with E-state index in [1.165, 1.54) is 7.05 Å². The van der Waals surface area contributed by atoms with Gasteiger partial charge in [0.25, 0.3) is 0 Å². The van der Waals surface area contributed by atoms with Crippen molar-refractivity contribution in [3.8, 4) is 0 Å². The zero-order valence-corrected chi connectivity index (χ0v) is 15.7. The second-order valence-corrected chi connectivity index (χ2v) is 7.19. The van der Waals surface area contributed by atoms with Crippen molar-refractivity contribution in [3.63, 3.8) is 0 Å². The number of carbonyl (C=O) groups is 3. The molecule has 1 saturated carbocycles. The molecule has 0 bridgehead atoms. The molecule has 2 rings (SSSR count). The molecule has 1 fully saturated rings. The lowest BCUT2D eigenvalue weighted by Crippen LogP contribution is -2.49. The first-order valence-electron chi connectivity index (χ1n) is 9.52. The normalized spacial score (nSPS) is 16.4. The maximum atomic E-state index is 12.9. The van der Waals surface area contributed by atoms with E-state index >= 15 is 0 Å². The molecule has 4 N–H and O–H groups in total. The SMILES string of the molecule is CNC(=O)C(Cc1ccccc1)NC(=O)C(CC(=O)NO)CC1CCCC1. The van der Waals surface area contributed by atoms with Gasteiger partial charge in [-0.2, -0.15) is 0 Å². The van der Waals surface area contributed by atoms with Crippen LogP contribution < -0.4 is 16.1 Å². The van der Waals surface area contributed by atoms with Gasteiger partial charge in [0.2, 0.25) is 17.7 Å². The van der Waals surface area contributed by atoms with E-state index in [1.807, 2.05) is 30.3 Å². The molecule has 1 aromatic carbocycles. The van der Waals surface area contributed by atoms with Gasteiger partial charge in [-0.3, -0.25) is 19.6 Å². The van der Waals surface area contributed by atoms with E-state index in [2.05, 4.69) is 10.6 Å². The van der Waals surface area contributed by atoms with Gasteiger partial charge in [0.1, 0.15) is 6.04 Å². The van der Waals surface area contributed by atoms with Crippen LogP contribution in [0.5, 0.6) is 0 Å². The summed E-state index contributed by atoms with van der Waals surface area (Å²) in [4.78, 5) is 36.7. The van der Waals surface area contributed by atoms with Crippen LogP contribution in [0.4, 0.5) is 0 Å². The van der Waals surface area contributed by atoms with E-state index < -0.39 is 17.9 Å². The third-order valence-corrected chi connectivity index (χ3v) is 5.18. The Hall–Kier alpha value is -2.41. The molecule has 0 saturated heterocycles. The summed E-state index contributed by atoms with van der Waals surface area (Å²) in [6, 6.07) is 8.74. The van der Waals surface area contributed by atoms with Gasteiger partial charge >= 0.3 is 0 Å². The molecule has 2 unspecified atom stereocenters. The molecular weight excluding hydrogens is 346 g/mol. The minimum atomic E-state index is -0.715. The topological polar surface area (TPSA) is 108 Å². The highest BCUT2D eigenvalue weighted by Gasteiger charge is 2.30. The average Bonchev–Trinajstić information content (AvgIpc) is 3.20. The van der Waals surface area contributed by atoms with Crippen LogP contribution in [-0.4, -0.2) is 36.0 Å². The smallest absolute Gasteiger partial charge is 0.244 e. The van der Waals surface area contributed by atoms with Gasteiger partial charge in [-0.1, -0.05) is 56.0 Å². The lowest BCUT2D eigenvalue weighted by molar-refractivity contribution is -0.136. The molecule has 3 amide bonds. The van der Waals surface area contributed by atoms with E-state index in [4.69, 9.17) is 5.21 Å². The van der Waals surface area contributed by atoms with Gasteiger partial charge in [-0.05, 0) is 17.9 Å². The molecule has 7 nitrogen and oxygen atoms in total. The van der Waals surface area contributed by atoms with Crippen molar-refractivity contribution in [2.75, 3.05) is 7.05 Å². The fourth-order valence-electron chi connectivity index (χ4n) is 3.72. The van der Waals surface area contributed by atoms with Crippen LogP contribution in [0.25, 0.3) is 0 Å². The zero-order valence-electron chi connectivity index (χ0n) is 15.7. The molecule has 1 aromatic rings. The second kappa shape index (κ2) is 10.7. The highest BCUT2D eigenvalue weighted by molar-refractivity contribution is 5.90. The summed E-state index contributed by atoms with van der Waals surface area (Å²) >= 11 is 0. The van der Waals surface area contributed by atoms with Crippen molar-refractivity contribution in [1.82, 2.24) is 16.1 Å². The number of likely N-dealkylation sites (N-methyl/N-ethyl adjacent to an activating group) is 1. The van der Waals surface area contributed by atoms with Crippen LogP contribution in [0, 0.1) is 11.8 Å². The van der Waals surface area contributed by atoms with Gasteiger partial charge in [-0.15, -0.1) is 0 Å². The molecule has 2 atom stereocenters. The molecular formula is C20H29N3O4. The minimum Gasteiger partial charge on any atom is -0.357 e. The number of rotatable bonds is 9. The van der Waals surface area contributed by atoms with Crippen LogP contribution in [0.15, 0.2) is 30.3 Å². The van der Waals surface area contributed by atoms with Crippen molar-refractivity contribution in [2.24, 2.45) is 11.8 Å². The number of benzene rings is 1. The minimum absolute atomic E-state index is 0.0926. The van der Waals surface area contributed by atoms with E-state index in [9.17, 15) is 14.4 Å². The Kier molecular flexibility index (Phi) is 8.26. The van der Waals surface area contributed by atoms with Gasteiger partial charge in [0, 0.05) is 25.8 Å². The molecule has 27 heavy (non-hydrogen) atoms. The number of carbonyl (C=O) groups excluding carboxylic acids is 3. The molecule has 0 heterocycles. The molecule has 0 aliphatic heterocycles. The quantitative estimate of drug-likeness (QED) is 0.388. The largest absolute Gasteiger partial charge is 0.357 e. The first-order chi connectivity index (χ1) is 13.0. The Balaban J connectivity index is 2.07. The Morgan fingerprint density at radius 2 is 1.78 bits per heavy atom. The second-order valence-electron chi connectivity index (χ2n) is 7.19. The summed E-state index contributed by atoms with van der Waals surface area (Å²) in [5, 5.41) is 14.2. The number of amides is 3. The van der Waals surface area contributed by atoms with Crippen LogP contribution >= 0.6 is 0 Å². The highest BCUT2D eigenvalue weighted by atomic mass is 16.5. The molecule has 0 aromatic heterocycles. The summed E-state index contributed by atoms with van der Waals surface area (Å²) in [6.07, 6.45) is 5.24. The molecule has 7 heteroatoms. The van der Waals surface area contributed by atoms with Gasteiger partial charge in [0.15, 0.2) is 0 Å². The third-order valence-electron chi connectivity index (χ3n) is 5.18. The fraction of sp³-hybridized carbons (Fsp3) is 0.550. The third kappa shape index (κ3) is 6.67. The van der Waals surface area contributed by atoms with Gasteiger partial charge in [0.05, 0.1) is 0 Å². The van der Waals surface area contributed by atoms with Crippen molar-refractivity contribution < 1.29 is 19.6 Å². The van der Waals surface area contributed by atoms with Gasteiger partial charge in [-0.25, -0.2) is 5.48 Å². The van der Waals surface area contributed by atoms with Crippen molar-refractivity contribution in [1.29, 1.82) is 0 Å².